The van der Waals surface area contributed by atoms with Crippen molar-refractivity contribution in [2.24, 2.45) is 40.4 Å². The molecule has 13 atom stereocenters. The van der Waals surface area contributed by atoms with Crippen molar-refractivity contribution in [3.8, 4) is 0 Å². The zero-order chi connectivity index (χ0) is 25.8. The Morgan fingerprint density at radius 2 is 1.84 bits per heavy atom. The molecule has 6 bridgehead atoms. The number of hydrogen-bond donors (Lipinski definition) is 2. The van der Waals surface area contributed by atoms with Gasteiger partial charge >= 0.3 is 11.9 Å². The van der Waals surface area contributed by atoms with E-state index in [1.807, 2.05) is 19.9 Å². The first-order valence-electron chi connectivity index (χ1n) is 13.5. The van der Waals surface area contributed by atoms with Gasteiger partial charge in [-0.05, 0) is 56.9 Å². The van der Waals surface area contributed by atoms with E-state index in [2.05, 4.69) is 0 Å². The van der Waals surface area contributed by atoms with Crippen molar-refractivity contribution in [1.82, 2.24) is 0 Å². The zero-order valence-electron chi connectivity index (χ0n) is 21.0. The van der Waals surface area contributed by atoms with E-state index in [4.69, 9.17) is 18.9 Å². The molecule has 9 heteroatoms. The molecule has 0 aromatic heterocycles. The van der Waals surface area contributed by atoms with E-state index in [-0.39, 0.29) is 24.7 Å². The Labute approximate surface area is 213 Å². The number of allylic oxidation sites excluding steroid dienone is 4. The second kappa shape index (κ2) is 5.48. The van der Waals surface area contributed by atoms with Gasteiger partial charge in [0.1, 0.15) is 11.7 Å². The number of ether oxygens (including phenoxy) is 4. The number of ketones is 1. The molecule has 37 heavy (non-hydrogen) atoms. The predicted molar refractivity (Wildman–Crippen MR) is 121 cm³/mol. The molecule has 4 saturated carbocycles. The lowest BCUT2D eigenvalue weighted by atomic mass is 9.39. The van der Waals surface area contributed by atoms with Crippen LogP contribution in [0.25, 0.3) is 0 Å². The van der Waals surface area contributed by atoms with Crippen molar-refractivity contribution in [1.29, 1.82) is 0 Å². The molecule has 0 amide bonds. The Kier molecular flexibility index (Phi) is 3.23. The highest BCUT2D eigenvalue weighted by molar-refractivity contribution is 5.99. The van der Waals surface area contributed by atoms with Crippen molar-refractivity contribution in [3.05, 3.63) is 23.8 Å². The normalized spacial score (nSPS) is 65.0. The van der Waals surface area contributed by atoms with Gasteiger partial charge in [0, 0.05) is 17.8 Å². The summed E-state index contributed by atoms with van der Waals surface area (Å²) in [5, 5.41) is 25.7. The smallest absolute Gasteiger partial charge is 0.342 e. The summed E-state index contributed by atoms with van der Waals surface area (Å²) in [5.74, 6) is -5.90. The number of carbonyl (C=O) groups is 3. The topological polar surface area (TPSA) is 129 Å². The molecule has 0 radical (unpaired) electrons. The van der Waals surface area contributed by atoms with E-state index in [0.29, 0.717) is 19.3 Å². The van der Waals surface area contributed by atoms with Gasteiger partial charge in [0.05, 0.1) is 17.9 Å². The van der Waals surface area contributed by atoms with Crippen LogP contribution < -0.4 is 0 Å². The predicted octanol–water partition coefficient (Wildman–Crippen LogP) is 0.959. The van der Waals surface area contributed by atoms with Crippen molar-refractivity contribution in [2.45, 2.75) is 80.7 Å². The Bertz CT molecular complexity index is 1340. The molecule has 1 spiro atoms. The molecule has 0 aromatic carbocycles. The maximum absolute atomic E-state index is 13.7. The van der Waals surface area contributed by atoms with Gasteiger partial charge in [0.15, 0.2) is 22.6 Å². The van der Waals surface area contributed by atoms with E-state index in [0.717, 1.165) is 5.57 Å². The van der Waals surface area contributed by atoms with Crippen molar-refractivity contribution >= 4 is 17.7 Å². The number of hydrogen-bond acceptors (Lipinski definition) is 9. The summed E-state index contributed by atoms with van der Waals surface area (Å²) < 4.78 is 25.6. The monoisotopic (exact) mass is 510 g/mol. The minimum Gasteiger partial charge on any atom is -0.458 e. The summed E-state index contributed by atoms with van der Waals surface area (Å²) in [6, 6.07) is 0. The first kappa shape index (κ1) is 21.8. The molecule has 8 fully saturated rings. The van der Waals surface area contributed by atoms with Gasteiger partial charge < -0.3 is 29.2 Å². The molecule has 4 heterocycles. The van der Waals surface area contributed by atoms with Gasteiger partial charge in [-0.3, -0.25) is 9.59 Å². The molecule has 4 aliphatic heterocycles. The lowest BCUT2D eigenvalue weighted by molar-refractivity contribution is -0.373. The summed E-state index contributed by atoms with van der Waals surface area (Å²) in [5.41, 5.74) is -7.69. The minimum atomic E-state index is -2.09. The third kappa shape index (κ3) is 1.65. The second-order valence-corrected chi connectivity index (χ2v) is 13.7. The van der Waals surface area contributed by atoms with E-state index < -0.39 is 80.7 Å². The summed E-state index contributed by atoms with van der Waals surface area (Å²) in [6.45, 7) is 5.54. The Balaban J connectivity index is 1.39. The van der Waals surface area contributed by atoms with Crippen LogP contribution >= 0.6 is 0 Å². The highest BCUT2D eigenvalue weighted by Gasteiger charge is 3.01. The zero-order valence-corrected chi connectivity index (χ0v) is 21.0. The van der Waals surface area contributed by atoms with E-state index in [9.17, 15) is 24.6 Å². The number of fused-ring (bicyclic) bond motifs is 6. The van der Waals surface area contributed by atoms with Crippen molar-refractivity contribution in [2.75, 3.05) is 6.61 Å². The van der Waals surface area contributed by atoms with Gasteiger partial charge in [-0.2, -0.15) is 0 Å². The first-order valence-corrected chi connectivity index (χ1v) is 13.5. The van der Waals surface area contributed by atoms with Crippen LogP contribution in [0.4, 0.5) is 0 Å². The molecular formula is C28H30O9. The molecule has 4 saturated heterocycles. The third-order valence-corrected chi connectivity index (χ3v) is 13.0. The van der Waals surface area contributed by atoms with Crippen LogP contribution in [0.15, 0.2) is 23.8 Å². The van der Waals surface area contributed by atoms with Crippen LogP contribution in [0.3, 0.4) is 0 Å². The minimum absolute atomic E-state index is 0.00406. The highest BCUT2D eigenvalue weighted by Crippen LogP contribution is 2.85. The largest absolute Gasteiger partial charge is 0.458 e. The molecular weight excluding hydrogens is 480 g/mol. The van der Waals surface area contributed by atoms with Gasteiger partial charge in [-0.15, -0.1) is 0 Å². The molecule has 1 unspecified atom stereocenters. The molecule has 196 valence electrons. The molecule has 2 N–H and O–H groups in total. The third-order valence-electron chi connectivity index (χ3n) is 13.0. The molecule has 9 aliphatic rings. The van der Waals surface area contributed by atoms with Gasteiger partial charge in [-0.25, -0.2) is 4.79 Å². The highest BCUT2D eigenvalue weighted by atomic mass is 16.8. The maximum atomic E-state index is 13.7. The molecule has 9 nitrogen and oxygen atoms in total. The Morgan fingerprint density at radius 3 is 2.62 bits per heavy atom. The fourth-order valence-electron chi connectivity index (χ4n) is 11.6. The second-order valence-electron chi connectivity index (χ2n) is 13.7. The van der Waals surface area contributed by atoms with Crippen molar-refractivity contribution < 1.29 is 43.5 Å². The van der Waals surface area contributed by atoms with Gasteiger partial charge in [0.2, 0.25) is 5.79 Å². The van der Waals surface area contributed by atoms with Crippen LogP contribution in [0.2, 0.25) is 0 Å². The fourth-order valence-corrected chi connectivity index (χ4v) is 11.6. The quantitative estimate of drug-likeness (QED) is 0.458. The van der Waals surface area contributed by atoms with Crippen LogP contribution in [-0.2, 0) is 33.3 Å². The van der Waals surface area contributed by atoms with E-state index in [1.54, 1.807) is 19.1 Å². The van der Waals surface area contributed by atoms with Crippen LogP contribution in [0.5, 0.6) is 0 Å². The number of carbonyl (C=O) groups excluding carboxylic acids is 3. The first-order chi connectivity index (χ1) is 17.4. The molecule has 0 aromatic rings. The number of aliphatic hydroxyl groups is 2. The number of esters is 2. The SMILES string of the molecule is C[C@]12C(=O)C=CC=C1CC[C@@H]1[C@@H]2C2C[C@]3(O)C(=O)O[C@@]4(C)[C@H]5C[C@@]6(C)[C@@H]7[C@]43O[C@]1(OC[C@H]6C(=O)O5)[C@@]27O. The average molecular weight is 511 g/mol. The van der Waals surface area contributed by atoms with Crippen molar-refractivity contribution in [3.63, 3.8) is 0 Å². The van der Waals surface area contributed by atoms with Gasteiger partial charge in [-0.1, -0.05) is 24.6 Å². The lowest BCUT2D eigenvalue weighted by Gasteiger charge is -2.67. The van der Waals surface area contributed by atoms with Crippen LogP contribution in [0, 0.1) is 40.4 Å². The summed E-state index contributed by atoms with van der Waals surface area (Å²) in [7, 11) is 0. The summed E-state index contributed by atoms with van der Waals surface area (Å²) >= 11 is 0. The number of rotatable bonds is 0. The molecule has 9 rings (SSSR count). The van der Waals surface area contributed by atoms with Gasteiger partial charge in [0.25, 0.3) is 0 Å². The average Bonchev–Trinajstić information content (AvgIpc) is 3.21. The van der Waals surface area contributed by atoms with E-state index >= 15 is 0 Å². The van der Waals surface area contributed by atoms with E-state index in [1.165, 1.54) is 0 Å². The maximum Gasteiger partial charge on any atom is 0.342 e. The summed E-state index contributed by atoms with van der Waals surface area (Å²) in [6.07, 6.45) is 6.03. The van der Waals surface area contributed by atoms with Crippen LogP contribution in [0.1, 0.15) is 46.5 Å². The Morgan fingerprint density at radius 1 is 1.05 bits per heavy atom. The van der Waals surface area contributed by atoms with Crippen LogP contribution in [-0.4, -0.2) is 68.8 Å². The standard InChI is InChI=1S/C28H30O9/c1-22-10-17-24(3)27-20(22)26(33)14(9-25(27,32)21(31)36-24)18-13(8-7-12-5-4-6-16(29)23(12,18)2)28(26,37-27)34-11-15(22)19(30)35-17/h4-6,13-15,17-18,20,32-33H,7-11H2,1-3H3/t13-,14?,15+,17-,18-,20+,22-,23-,24+,25+,26-,27+,28+/m1/s1. The summed E-state index contributed by atoms with van der Waals surface area (Å²) in [4.78, 5) is 40.7. The molecule has 5 aliphatic carbocycles. The lowest BCUT2D eigenvalue weighted by Crippen LogP contribution is -2.82. The fraction of sp³-hybridized carbons (Fsp3) is 0.750. The Hall–Kier alpha value is -2.07.